The molecule has 1 N–H and O–H groups in total. The third kappa shape index (κ3) is 5.08. The van der Waals surface area contributed by atoms with Crippen LogP contribution in [0.25, 0.3) is 0 Å². The highest BCUT2D eigenvalue weighted by atomic mass is 32.2. The third-order valence-electron chi connectivity index (χ3n) is 5.93. The van der Waals surface area contributed by atoms with Gasteiger partial charge in [0.2, 0.25) is 0 Å². The number of amides is 1. The van der Waals surface area contributed by atoms with Crippen molar-refractivity contribution in [3.63, 3.8) is 0 Å². The smallest absolute Gasteiger partial charge is 0.264 e. The second-order valence-electron chi connectivity index (χ2n) is 8.23. The fourth-order valence-electron chi connectivity index (χ4n) is 4.03. The van der Waals surface area contributed by atoms with E-state index in [1.807, 2.05) is 61.7 Å². The molecule has 178 valence electrons. The Balaban J connectivity index is 1.39. The summed E-state index contributed by atoms with van der Waals surface area (Å²) in [7, 11) is -3.68. The first-order chi connectivity index (χ1) is 16.3. The van der Waals surface area contributed by atoms with Gasteiger partial charge in [0.05, 0.1) is 16.6 Å². The highest BCUT2D eigenvalue weighted by Crippen LogP contribution is 2.33. The molecule has 0 aromatic heterocycles. The van der Waals surface area contributed by atoms with E-state index in [4.69, 9.17) is 4.74 Å². The number of benzene rings is 3. The molecule has 0 saturated heterocycles. The molecular weight excluding hydrogens is 468 g/mol. The molecule has 8 heteroatoms. The summed E-state index contributed by atoms with van der Waals surface area (Å²) in [6.45, 7) is 3.98. The van der Waals surface area contributed by atoms with Crippen LogP contribution in [0.4, 0.5) is 5.69 Å². The average molecular weight is 497 g/mol. The number of para-hydroxylation sites is 1. The summed E-state index contributed by atoms with van der Waals surface area (Å²) in [5.74, 6) is 0.235. The van der Waals surface area contributed by atoms with Crippen molar-refractivity contribution in [3.8, 4) is 5.75 Å². The summed E-state index contributed by atoms with van der Waals surface area (Å²) in [6, 6.07) is 20.2. The maximum absolute atomic E-state index is 13.2. The van der Waals surface area contributed by atoms with Crippen molar-refractivity contribution in [2.75, 3.05) is 23.7 Å². The van der Waals surface area contributed by atoms with E-state index >= 15 is 0 Å². The number of anilines is 1. The van der Waals surface area contributed by atoms with E-state index in [9.17, 15) is 13.2 Å². The Morgan fingerprint density at radius 2 is 1.85 bits per heavy atom. The Kier molecular flexibility index (Phi) is 7.19. The standard InChI is InChI=1S/C26H28N2O4S2/c1-18-16-23(34(30,31)28-15-14-21-6-4-5-7-24(21)28)12-13-25(18)32-17-26(29)27-19(2)20-8-10-22(33-3)11-9-20/h4-13,16,19H,14-15,17H2,1-3H3,(H,27,29)/t19-/m0/s1. The van der Waals surface area contributed by atoms with Crippen LogP contribution in [0, 0.1) is 6.92 Å². The molecule has 1 aliphatic rings. The Labute approximate surface area is 205 Å². The van der Waals surface area contributed by atoms with Crippen molar-refractivity contribution >= 4 is 33.4 Å². The number of ether oxygens (including phenoxy) is 1. The third-order valence-corrected chi connectivity index (χ3v) is 8.48. The van der Waals surface area contributed by atoms with Crippen LogP contribution >= 0.6 is 11.8 Å². The van der Waals surface area contributed by atoms with E-state index in [2.05, 4.69) is 5.32 Å². The lowest BCUT2D eigenvalue weighted by molar-refractivity contribution is -0.123. The lowest BCUT2D eigenvalue weighted by atomic mass is 10.1. The highest BCUT2D eigenvalue weighted by Gasteiger charge is 2.30. The molecule has 0 unspecified atom stereocenters. The van der Waals surface area contributed by atoms with E-state index < -0.39 is 10.0 Å². The zero-order valence-corrected chi connectivity index (χ0v) is 21.1. The van der Waals surface area contributed by atoms with Crippen molar-refractivity contribution in [1.82, 2.24) is 5.32 Å². The number of carbonyl (C=O) groups is 1. The fourth-order valence-corrected chi connectivity index (χ4v) is 6.03. The van der Waals surface area contributed by atoms with E-state index in [1.165, 1.54) is 15.3 Å². The van der Waals surface area contributed by atoms with Crippen LogP contribution in [0.2, 0.25) is 0 Å². The molecule has 1 heterocycles. The molecule has 4 rings (SSSR count). The Morgan fingerprint density at radius 1 is 1.12 bits per heavy atom. The molecule has 34 heavy (non-hydrogen) atoms. The van der Waals surface area contributed by atoms with Gasteiger partial charge in [-0.3, -0.25) is 9.10 Å². The SMILES string of the molecule is CSc1ccc([C@H](C)NC(=O)COc2ccc(S(=O)(=O)N3CCc4ccccc43)cc2C)cc1. The van der Waals surface area contributed by atoms with Gasteiger partial charge in [0.1, 0.15) is 5.75 Å². The number of hydrogen-bond acceptors (Lipinski definition) is 5. The van der Waals surface area contributed by atoms with Crippen LogP contribution in [-0.4, -0.2) is 33.7 Å². The number of rotatable bonds is 8. The number of fused-ring (bicyclic) bond motifs is 1. The lowest BCUT2D eigenvalue weighted by Crippen LogP contribution is -2.31. The van der Waals surface area contributed by atoms with Gasteiger partial charge >= 0.3 is 0 Å². The van der Waals surface area contributed by atoms with Crippen LogP contribution in [0.1, 0.15) is 29.7 Å². The minimum absolute atomic E-state index is 0.149. The molecule has 0 bridgehead atoms. The second kappa shape index (κ2) is 10.1. The van der Waals surface area contributed by atoms with Gasteiger partial charge < -0.3 is 10.1 Å². The molecule has 6 nitrogen and oxygen atoms in total. The molecule has 0 spiro atoms. The normalized spacial score (nSPS) is 13.9. The van der Waals surface area contributed by atoms with Crippen molar-refractivity contribution in [3.05, 3.63) is 83.4 Å². The molecule has 1 atom stereocenters. The lowest BCUT2D eigenvalue weighted by Gasteiger charge is -2.20. The number of hydrogen-bond donors (Lipinski definition) is 1. The number of aryl methyl sites for hydroxylation is 1. The van der Waals surface area contributed by atoms with Crippen molar-refractivity contribution < 1.29 is 17.9 Å². The molecular formula is C26H28N2O4S2. The number of nitrogens with zero attached hydrogens (tertiary/aromatic N) is 1. The first-order valence-corrected chi connectivity index (χ1v) is 13.7. The molecule has 1 amide bonds. The second-order valence-corrected chi connectivity index (χ2v) is 11.0. The van der Waals surface area contributed by atoms with Crippen LogP contribution in [0.5, 0.6) is 5.75 Å². The summed E-state index contributed by atoms with van der Waals surface area (Å²) in [5.41, 5.74) is 3.43. The maximum atomic E-state index is 13.2. The predicted molar refractivity (Wildman–Crippen MR) is 136 cm³/mol. The van der Waals surface area contributed by atoms with Gasteiger partial charge in [-0.15, -0.1) is 11.8 Å². The molecule has 0 fully saturated rings. The number of sulfonamides is 1. The first kappa shape index (κ1) is 24.2. The zero-order chi connectivity index (χ0) is 24.3. The summed E-state index contributed by atoms with van der Waals surface area (Å²) in [4.78, 5) is 13.8. The molecule has 1 aliphatic heterocycles. The molecule has 3 aromatic carbocycles. The highest BCUT2D eigenvalue weighted by molar-refractivity contribution is 7.98. The average Bonchev–Trinajstić information content (AvgIpc) is 3.28. The van der Waals surface area contributed by atoms with Gasteiger partial charge in [0.25, 0.3) is 15.9 Å². The van der Waals surface area contributed by atoms with E-state index in [1.54, 1.807) is 30.8 Å². The van der Waals surface area contributed by atoms with Crippen LogP contribution in [-0.2, 0) is 21.2 Å². The monoisotopic (exact) mass is 496 g/mol. The quantitative estimate of drug-likeness (QED) is 0.457. The van der Waals surface area contributed by atoms with E-state index in [0.29, 0.717) is 24.3 Å². The van der Waals surface area contributed by atoms with Gasteiger partial charge in [0, 0.05) is 11.4 Å². The van der Waals surface area contributed by atoms with Gasteiger partial charge in [-0.25, -0.2) is 8.42 Å². The Morgan fingerprint density at radius 3 is 2.56 bits per heavy atom. The fraction of sp³-hybridized carbons (Fsp3) is 0.269. The summed E-state index contributed by atoms with van der Waals surface area (Å²) in [6.07, 6.45) is 2.72. The largest absolute Gasteiger partial charge is 0.484 e. The first-order valence-electron chi connectivity index (χ1n) is 11.1. The number of thioether (sulfide) groups is 1. The van der Waals surface area contributed by atoms with Crippen molar-refractivity contribution in [2.45, 2.75) is 36.1 Å². The van der Waals surface area contributed by atoms with Crippen molar-refractivity contribution in [2.24, 2.45) is 0 Å². The number of nitrogens with one attached hydrogen (secondary N) is 1. The van der Waals surface area contributed by atoms with Gasteiger partial charge in [-0.1, -0.05) is 30.3 Å². The summed E-state index contributed by atoms with van der Waals surface area (Å²) >= 11 is 1.67. The van der Waals surface area contributed by atoms with E-state index in [-0.39, 0.29) is 23.5 Å². The van der Waals surface area contributed by atoms with Gasteiger partial charge in [-0.05, 0) is 79.6 Å². The molecule has 0 radical (unpaired) electrons. The van der Waals surface area contributed by atoms with Crippen molar-refractivity contribution in [1.29, 1.82) is 0 Å². The molecule has 0 saturated carbocycles. The van der Waals surface area contributed by atoms with Crippen LogP contribution in [0.3, 0.4) is 0 Å². The molecule has 3 aromatic rings. The van der Waals surface area contributed by atoms with Gasteiger partial charge in [-0.2, -0.15) is 0 Å². The summed E-state index contributed by atoms with van der Waals surface area (Å²) < 4.78 is 33.6. The van der Waals surface area contributed by atoms with Gasteiger partial charge in [0.15, 0.2) is 6.61 Å². The van der Waals surface area contributed by atoms with E-state index in [0.717, 1.165) is 16.8 Å². The van der Waals surface area contributed by atoms with Crippen LogP contribution in [0.15, 0.2) is 76.5 Å². The van der Waals surface area contributed by atoms with Crippen LogP contribution < -0.4 is 14.4 Å². The summed E-state index contributed by atoms with van der Waals surface area (Å²) in [5, 5.41) is 2.93. The predicted octanol–water partition coefficient (Wildman–Crippen LogP) is 4.72. The minimum atomic E-state index is -3.68. The Bertz CT molecular complexity index is 1290. The zero-order valence-electron chi connectivity index (χ0n) is 19.4. The maximum Gasteiger partial charge on any atom is 0.264 e. The minimum Gasteiger partial charge on any atom is -0.484 e. The Hall–Kier alpha value is -2.97. The molecule has 0 aliphatic carbocycles. The topological polar surface area (TPSA) is 75.7 Å². The number of carbonyl (C=O) groups excluding carboxylic acids is 1.